The van der Waals surface area contributed by atoms with E-state index < -0.39 is 36.6 Å². The van der Waals surface area contributed by atoms with E-state index in [4.69, 9.17) is 5.11 Å². The van der Waals surface area contributed by atoms with Crippen molar-refractivity contribution in [2.75, 3.05) is 6.61 Å². The molecular formula is C9H9F5O4. The summed E-state index contributed by atoms with van der Waals surface area (Å²) < 4.78 is 71.4. The highest BCUT2D eigenvalue weighted by Crippen LogP contribution is 2.49. The van der Waals surface area contributed by atoms with Gasteiger partial charge in [0.2, 0.25) is 0 Å². The predicted octanol–water partition coefficient (Wildman–Crippen LogP) is 1.39. The first-order valence-corrected chi connectivity index (χ1v) is 4.61. The zero-order valence-corrected chi connectivity index (χ0v) is 9.05. The number of ether oxygens (including phenoxy) is 2. The lowest BCUT2D eigenvalue weighted by atomic mass is 10.1. The van der Waals surface area contributed by atoms with Gasteiger partial charge in [0.05, 0.1) is 6.61 Å². The molecule has 1 aliphatic rings. The van der Waals surface area contributed by atoms with Crippen molar-refractivity contribution in [3.8, 4) is 0 Å². The molecule has 1 rings (SSSR count). The molecular weight excluding hydrogens is 267 g/mol. The van der Waals surface area contributed by atoms with E-state index in [1.807, 2.05) is 0 Å². The van der Waals surface area contributed by atoms with Crippen LogP contribution in [-0.2, 0) is 14.3 Å². The number of hydrogen-bond donors (Lipinski definition) is 1. The van der Waals surface area contributed by atoms with Crippen molar-refractivity contribution in [1.29, 1.82) is 0 Å². The predicted molar refractivity (Wildman–Crippen MR) is 46.6 cm³/mol. The van der Waals surface area contributed by atoms with Crippen LogP contribution in [0.5, 0.6) is 0 Å². The van der Waals surface area contributed by atoms with Crippen LogP contribution in [0.15, 0.2) is 12.2 Å². The summed E-state index contributed by atoms with van der Waals surface area (Å²) >= 11 is 0. The van der Waals surface area contributed by atoms with Crippen LogP contribution in [-0.4, -0.2) is 41.7 Å². The number of rotatable bonds is 2. The van der Waals surface area contributed by atoms with Crippen molar-refractivity contribution >= 4 is 5.97 Å². The van der Waals surface area contributed by atoms with Crippen LogP contribution >= 0.6 is 0 Å². The molecule has 0 aromatic rings. The number of hydrogen-bond acceptors (Lipinski definition) is 4. The first-order chi connectivity index (χ1) is 7.93. The maximum Gasteiger partial charge on any atom is 0.449 e. The zero-order chi connectivity index (χ0) is 14.4. The average molecular weight is 276 g/mol. The van der Waals surface area contributed by atoms with E-state index in [-0.39, 0.29) is 5.57 Å². The second kappa shape index (κ2) is 4.16. The topological polar surface area (TPSA) is 55.8 Å². The molecule has 0 aromatic carbocycles. The summed E-state index contributed by atoms with van der Waals surface area (Å²) in [6.07, 6.45) is -8.26. The Labute approximate surface area is 98.0 Å². The van der Waals surface area contributed by atoms with Crippen LogP contribution in [0, 0.1) is 0 Å². The third kappa shape index (κ3) is 2.07. The molecule has 18 heavy (non-hydrogen) atoms. The SMILES string of the molecule is C=C(C)C(=O)OC1COC(O)(C(F)(F)F)C1(F)F. The van der Waals surface area contributed by atoms with Gasteiger partial charge < -0.3 is 14.6 Å². The molecule has 4 nitrogen and oxygen atoms in total. The van der Waals surface area contributed by atoms with Crippen LogP contribution < -0.4 is 0 Å². The first-order valence-electron chi connectivity index (χ1n) is 4.61. The van der Waals surface area contributed by atoms with Crippen LogP contribution in [0.25, 0.3) is 0 Å². The monoisotopic (exact) mass is 276 g/mol. The standard InChI is InChI=1S/C9H9F5O4/c1-4(2)6(15)18-5-3-17-8(16,7(5,10)11)9(12,13)14/h5,16H,1,3H2,2H3. The summed E-state index contributed by atoms with van der Waals surface area (Å²) in [4.78, 5) is 11.0. The van der Waals surface area contributed by atoms with Crippen molar-refractivity contribution in [1.82, 2.24) is 0 Å². The molecule has 1 aliphatic heterocycles. The average Bonchev–Trinajstić information content (AvgIpc) is 2.41. The van der Waals surface area contributed by atoms with Gasteiger partial charge in [-0.2, -0.15) is 22.0 Å². The maximum absolute atomic E-state index is 13.4. The Balaban J connectivity index is 2.96. The van der Waals surface area contributed by atoms with Gasteiger partial charge in [-0.1, -0.05) is 6.58 Å². The molecule has 0 aliphatic carbocycles. The molecule has 0 saturated carbocycles. The van der Waals surface area contributed by atoms with Gasteiger partial charge in [0.15, 0.2) is 6.10 Å². The molecule has 0 radical (unpaired) electrons. The van der Waals surface area contributed by atoms with Gasteiger partial charge in [0, 0.05) is 5.57 Å². The second-order valence-corrected chi connectivity index (χ2v) is 3.75. The van der Waals surface area contributed by atoms with Gasteiger partial charge in [-0.3, -0.25) is 0 Å². The highest BCUT2D eigenvalue weighted by Gasteiger charge is 2.78. The van der Waals surface area contributed by atoms with Gasteiger partial charge in [0.25, 0.3) is 0 Å². The summed E-state index contributed by atoms with van der Waals surface area (Å²) in [6.45, 7) is 2.94. The summed E-state index contributed by atoms with van der Waals surface area (Å²) in [5.41, 5.74) is -0.270. The fourth-order valence-corrected chi connectivity index (χ4v) is 1.22. The van der Waals surface area contributed by atoms with Gasteiger partial charge in [-0.05, 0) is 6.92 Å². The molecule has 1 heterocycles. The quantitative estimate of drug-likeness (QED) is 0.470. The van der Waals surface area contributed by atoms with Crippen molar-refractivity contribution in [2.45, 2.75) is 30.9 Å². The van der Waals surface area contributed by atoms with Crippen molar-refractivity contribution < 1.29 is 41.3 Å². The fraction of sp³-hybridized carbons (Fsp3) is 0.667. The van der Waals surface area contributed by atoms with Gasteiger partial charge >= 0.3 is 23.9 Å². The molecule has 104 valence electrons. The summed E-state index contributed by atoms with van der Waals surface area (Å²) in [5, 5.41) is 8.87. The van der Waals surface area contributed by atoms with E-state index in [1.165, 1.54) is 0 Å². The van der Waals surface area contributed by atoms with Crippen LogP contribution in [0.2, 0.25) is 0 Å². The molecule has 0 amide bonds. The fourth-order valence-electron chi connectivity index (χ4n) is 1.22. The molecule has 1 N–H and O–H groups in total. The first kappa shape index (κ1) is 14.8. The number of carbonyl (C=O) groups excluding carboxylic acids is 1. The Bertz CT molecular complexity index is 378. The molecule has 2 atom stereocenters. The number of alkyl halides is 5. The maximum atomic E-state index is 13.4. The van der Waals surface area contributed by atoms with Crippen LogP contribution in [0.4, 0.5) is 22.0 Å². The Morgan fingerprint density at radius 2 is 2.00 bits per heavy atom. The minimum absolute atomic E-state index is 0.270. The van der Waals surface area contributed by atoms with Crippen LogP contribution in [0.1, 0.15) is 6.92 Å². The van der Waals surface area contributed by atoms with E-state index >= 15 is 0 Å². The third-order valence-electron chi connectivity index (χ3n) is 2.28. The molecule has 0 spiro atoms. The molecule has 1 fully saturated rings. The van der Waals surface area contributed by atoms with E-state index in [0.29, 0.717) is 0 Å². The van der Waals surface area contributed by atoms with E-state index in [9.17, 15) is 26.7 Å². The minimum atomic E-state index is -5.72. The molecule has 2 unspecified atom stereocenters. The minimum Gasteiger partial charge on any atom is -0.450 e. The summed E-state index contributed by atoms with van der Waals surface area (Å²) in [5.74, 6) is -10.8. The Kier molecular flexibility index (Phi) is 3.43. The lowest BCUT2D eigenvalue weighted by Gasteiger charge is -2.31. The number of esters is 1. The van der Waals surface area contributed by atoms with Gasteiger partial charge in [-0.15, -0.1) is 0 Å². The van der Waals surface area contributed by atoms with E-state index in [1.54, 1.807) is 0 Å². The normalized spacial score (nSPS) is 31.2. The smallest absolute Gasteiger partial charge is 0.449 e. The molecule has 1 saturated heterocycles. The summed E-state index contributed by atoms with van der Waals surface area (Å²) in [7, 11) is 0. The lowest BCUT2D eigenvalue weighted by Crippen LogP contribution is -2.59. The summed E-state index contributed by atoms with van der Waals surface area (Å²) in [6, 6.07) is 0. The van der Waals surface area contributed by atoms with Gasteiger partial charge in [0.1, 0.15) is 0 Å². The number of aliphatic hydroxyl groups is 1. The van der Waals surface area contributed by atoms with Gasteiger partial charge in [-0.25, -0.2) is 4.79 Å². The van der Waals surface area contributed by atoms with Crippen molar-refractivity contribution in [3.05, 3.63) is 12.2 Å². The Morgan fingerprint density at radius 3 is 2.33 bits per heavy atom. The second-order valence-electron chi connectivity index (χ2n) is 3.75. The number of carbonyl (C=O) groups is 1. The largest absolute Gasteiger partial charge is 0.450 e. The van der Waals surface area contributed by atoms with Crippen molar-refractivity contribution in [2.24, 2.45) is 0 Å². The molecule has 0 aromatic heterocycles. The molecule has 9 heteroatoms. The number of halogens is 5. The lowest BCUT2D eigenvalue weighted by molar-refractivity contribution is -0.405. The third-order valence-corrected chi connectivity index (χ3v) is 2.28. The van der Waals surface area contributed by atoms with Crippen molar-refractivity contribution in [3.63, 3.8) is 0 Å². The Morgan fingerprint density at radius 1 is 1.50 bits per heavy atom. The van der Waals surface area contributed by atoms with E-state index in [0.717, 1.165) is 6.92 Å². The highest BCUT2D eigenvalue weighted by atomic mass is 19.4. The zero-order valence-electron chi connectivity index (χ0n) is 9.05. The van der Waals surface area contributed by atoms with Crippen LogP contribution in [0.3, 0.4) is 0 Å². The highest BCUT2D eigenvalue weighted by molar-refractivity contribution is 5.87. The Hall–Kier alpha value is -1.22. The molecule has 0 bridgehead atoms. The van der Waals surface area contributed by atoms with E-state index in [2.05, 4.69) is 16.1 Å².